The highest BCUT2D eigenvalue weighted by molar-refractivity contribution is 7.89. The summed E-state index contributed by atoms with van der Waals surface area (Å²) in [5, 5.41) is 2.79. The second kappa shape index (κ2) is 7.46. The molecular formula is C19H17ClN4O3S. The van der Waals surface area contributed by atoms with Crippen LogP contribution in [0.5, 0.6) is 0 Å². The third kappa shape index (κ3) is 3.58. The Balaban J connectivity index is 1.61. The Hall–Kier alpha value is -2.55. The monoisotopic (exact) mass is 416 g/mol. The minimum atomic E-state index is -3.70. The van der Waals surface area contributed by atoms with E-state index in [9.17, 15) is 13.2 Å². The molecule has 0 unspecified atom stereocenters. The Labute approximate surface area is 167 Å². The highest BCUT2D eigenvalue weighted by Gasteiger charge is 2.29. The molecule has 1 aliphatic heterocycles. The summed E-state index contributed by atoms with van der Waals surface area (Å²) in [5.74, 6) is -0.481. The highest BCUT2D eigenvalue weighted by Crippen LogP contribution is 2.29. The van der Waals surface area contributed by atoms with E-state index in [0.29, 0.717) is 29.8 Å². The molecule has 0 bridgehead atoms. The van der Waals surface area contributed by atoms with Gasteiger partial charge in [-0.25, -0.2) is 13.4 Å². The Morgan fingerprint density at radius 2 is 1.79 bits per heavy atom. The van der Waals surface area contributed by atoms with Crippen molar-refractivity contribution in [3.63, 3.8) is 0 Å². The molecule has 2 aromatic carbocycles. The van der Waals surface area contributed by atoms with Crippen molar-refractivity contribution in [1.29, 1.82) is 0 Å². The number of aromatic nitrogens is 2. The summed E-state index contributed by atoms with van der Waals surface area (Å²) in [4.78, 5) is 21.1. The largest absolute Gasteiger partial charge is 0.321 e. The van der Waals surface area contributed by atoms with Gasteiger partial charge in [0, 0.05) is 18.8 Å². The smallest absolute Gasteiger partial charge is 0.275 e. The molecule has 0 radical (unpaired) electrons. The molecule has 3 aromatic rings. The van der Waals surface area contributed by atoms with Crippen molar-refractivity contribution in [3.05, 3.63) is 59.4 Å². The highest BCUT2D eigenvalue weighted by atomic mass is 35.5. The molecular weight excluding hydrogens is 400 g/mol. The minimum Gasteiger partial charge on any atom is -0.321 e. The number of halogens is 1. The number of benzene rings is 2. The van der Waals surface area contributed by atoms with Crippen molar-refractivity contribution in [3.8, 4) is 0 Å². The quantitative estimate of drug-likeness (QED) is 0.704. The van der Waals surface area contributed by atoms with Crippen LogP contribution in [0.25, 0.3) is 11.0 Å². The Bertz CT molecular complexity index is 1160. The van der Waals surface area contributed by atoms with Gasteiger partial charge >= 0.3 is 0 Å². The molecule has 1 N–H and O–H groups in total. The lowest BCUT2D eigenvalue weighted by molar-refractivity contribution is 0.102. The maximum atomic E-state index is 12.8. The molecule has 1 aromatic heterocycles. The summed E-state index contributed by atoms with van der Waals surface area (Å²) in [7, 11) is -3.70. The number of nitrogens with one attached hydrogen (secondary N) is 1. The predicted molar refractivity (Wildman–Crippen MR) is 107 cm³/mol. The van der Waals surface area contributed by atoms with Crippen LogP contribution in [-0.2, 0) is 10.0 Å². The predicted octanol–water partition coefficient (Wildman–Crippen LogP) is 3.32. The number of amides is 1. The molecule has 2 heterocycles. The van der Waals surface area contributed by atoms with Gasteiger partial charge in [-0.2, -0.15) is 4.31 Å². The third-order valence-corrected chi connectivity index (χ3v) is 6.93. The van der Waals surface area contributed by atoms with Gasteiger partial charge < -0.3 is 5.32 Å². The number of carbonyl (C=O) groups excluding carboxylic acids is 1. The summed E-state index contributed by atoms with van der Waals surface area (Å²) in [5.41, 5.74) is 1.74. The van der Waals surface area contributed by atoms with Crippen molar-refractivity contribution in [2.75, 3.05) is 18.4 Å². The first-order chi connectivity index (χ1) is 13.4. The molecule has 1 fully saturated rings. The van der Waals surface area contributed by atoms with Crippen LogP contribution in [-0.4, -0.2) is 41.7 Å². The van der Waals surface area contributed by atoms with Gasteiger partial charge in [0.05, 0.1) is 22.3 Å². The van der Waals surface area contributed by atoms with Crippen LogP contribution in [0.4, 0.5) is 5.69 Å². The van der Waals surface area contributed by atoms with Crippen molar-refractivity contribution < 1.29 is 13.2 Å². The molecule has 28 heavy (non-hydrogen) atoms. The molecule has 1 saturated heterocycles. The van der Waals surface area contributed by atoms with Crippen LogP contribution < -0.4 is 5.32 Å². The molecule has 7 nitrogen and oxygen atoms in total. The lowest BCUT2D eigenvalue weighted by atomic mass is 10.2. The maximum absolute atomic E-state index is 12.8. The summed E-state index contributed by atoms with van der Waals surface area (Å²) >= 11 is 6.14. The number of nitrogens with zero attached hydrogens (tertiary/aromatic N) is 3. The minimum absolute atomic E-state index is 0.0153. The first kappa shape index (κ1) is 18.8. The van der Waals surface area contributed by atoms with Gasteiger partial charge in [0.2, 0.25) is 10.0 Å². The number of para-hydroxylation sites is 2. The molecule has 144 valence electrons. The van der Waals surface area contributed by atoms with Crippen LogP contribution in [0.1, 0.15) is 23.3 Å². The number of hydrogen-bond acceptors (Lipinski definition) is 5. The molecule has 0 spiro atoms. The lowest BCUT2D eigenvalue weighted by Crippen LogP contribution is -2.28. The lowest BCUT2D eigenvalue weighted by Gasteiger charge is -2.17. The van der Waals surface area contributed by atoms with E-state index in [-0.39, 0.29) is 15.6 Å². The van der Waals surface area contributed by atoms with E-state index in [1.165, 1.54) is 22.6 Å². The second-order valence-corrected chi connectivity index (χ2v) is 8.77. The Kier molecular flexibility index (Phi) is 5.01. The summed E-state index contributed by atoms with van der Waals surface area (Å²) in [6, 6.07) is 11.6. The van der Waals surface area contributed by atoms with E-state index in [0.717, 1.165) is 12.8 Å². The van der Waals surface area contributed by atoms with Crippen LogP contribution in [0.15, 0.2) is 53.6 Å². The average molecular weight is 417 g/mol. The topological polar surface area (TPSA) is 92.3 Å². The zero-order chi connectivity index (χ0) is 19.7. The van der Waals surface area contributed by atoms with E-state index in [4.69, 9.17) is 11.6 Å². The van der Waals surface area contributed by atoms with E-state index in [1.807, 2.05) is 12.1 Å². The van der Waals surface area contributed by atoms with E-state index < -0.39 is 15.9 Å². The van der Waals surface area contributed by atoms with Gasteiger partial charge in [0.15, 0.2) is 0 Å². The normalized spacial score (nSPS) is 15.0. The van der Waals surface area contributed by atoms with Gasteiger partial charge in [-0.3, -0.25) is 9.78 Å². The Morgan fingerprint density at radius 1 is 1.07 bits per heavy atom. The van der Waals surface area contributed by atoms with Gasteiger partial charge in [-0.1, -0.05) is 23.7 Å². The van der Waals surface area contributed by atoms with Gasteiger partial charge in [-0.15, -0.1) is 0 Å². The van der Waals surface area contributed by atoms with E-state index >= 15 is 0 Å². The van der Waals surface area contributed by atoms with Gasteiger partial charge in [0.25, 0.3) is 5.91 Å². The molecule has 1 aliphatic rings. The summed E-state index contributed by atoms with van der Waals surface area (Å²) in [6.45, 7) is 0.948. The molecule has 0 aliphatic carbocycles. The molecule has 0 atom stereocenters. The van der Waals surface area contributed by atoms with Crippen molar-refractivity contribution in [1.82, 2.24) is 14.3 Å². The zero-order valence-electron chi connectivity index (χ0n) is 14.8. The van der Waals surface area contributed by atoms with Crippen LogP contribution in [0, 0.1) is 0 Å². The Morgan fingerprint density at radius 3 is 2.54 bits per heavy atom. The van der Waals surface area contributed by atoms with Gasteiger partial charge in [-0.05, 0) is 43.2 Å². The summed E-state index contributed by atoms with van der Waals surface area (Å²) in [6.07, 6.45) is 3.04. The number of carbonyl (C=O) groups is 1. The fourth-order valence-corrected chi connectivity index (χ4v) is 5.13. The summed E-state index contributed by atoms with van der Waals surface area (Å²) < 4.78 is 27.0. The van der Waals surface area contributed by atoms with E-state index in [1.54, 1.807) is 18.2 Å². The number of hydrogen-bond donors (Lipinski definition) is 1. The van der Waals surface area contributed by atoms with Crippen molar-refractivity contribution in [2.45, 2.75) is 17.7 Å². The first-order valence-corrected chi connectivity index (χ1v) is 10.6. The van der Waals surface area contributed by atoms with Crippen molar-refractivity contribution in [2.24, 2.45) is 0 Å². The SMILES string of the molecule is O=C(Nc1ccc(Cl)c(S(=O)(=O)N2CCCC2)c1)c1cnc2ccccc2n1. The average Bonchev–Trinajstić information content (AvgIpc) is 3.24. The molecule has 0 saturated carbocycles. The third-order valence-electron chi connectivity index (χ3n) is 4.55. The molecule has 4 rings (SSSR count). The fraction of sp³-hybridized carbons (Fsp3) is 0.211. The second-order valence-electron chi connectivity index (χ2n) is 6.45. The number of fused-ring (bicyclic) bond motifs is 1. The van der Waals surface area contributed by atoms with Crippen LogP contribution in [0.2, 0.25) is 5.02 Å². The zero-order valence-corrected chi connectivity index (χ0v) is 16.4. The molecule has 9 heteroatoms. The number of sulfonamides is 1. The molecule has 1 amide bonds. The number of rotatable bonds is 4. The first-order valence-electron chi connectivity index (χ1n) is 8.78. The maximum Gasteiger partial charge on any atom is 0.275 e. The van der Waals surface area contributed by atoms with Crippen molar-refractivity contribution >= 4 is 44.3 Å². The van der Waals surface area contributed by atoms with Crippen LogP contribution in [0.3, 0.4) is 0 Å². The van der Waals surface area contributed by atoms with Gasteiger partial charge in [0.1, 0.15) is 10.6 Å². The van der Waals surface area contributed by atoms with Crippen LogP contribution >= 0.6 is 11.6 Å². The number of anilines is 1. The van der Waals surface area contributed by atoms with E-state index in [2.05, 4.69) is 15.3 Å². The fourth-order valence-electron chi connectivity index (χ4n) is 3.11. The standard InChI is InChI=1S/C19H17ClN4O3S/c20-14-8-7-13(11-18(14)28(26,27)24-9-3-4-10-24)22-19(25)17-12-21-15-5-1-2-6-16(15)23-17/h1-2,5-8,11-12H,3-4,9-10H2,(H,22,25).